The maximum atomic E-state index is 13.9. The third-order valence-corrected chi connectivity index (χ3v) is 3.48. The maximum Gasteiger partial charge on any atom is 0.200 e. The molecule has 0 unspecified atom stereocenters. The van der Waals surface area contributed by atoms with Gasteiger partial charge in [0.2, 0.25) is 0 Å². The van der Waals surface area contributed by atoms with Crippen molar-refractivity contribution in [2.24, 2.45) is 0 Å². The van der Waals surface area contributed by atoms with E-state index in [0.29, 0.717) is 17.9 Å². The predicted molar refractivity (Wildman–Crippen MR) is 72.4 cm³/mol. The molecule has 0 radical (unpaired) electrons. The van der Waals surface area contributed by atoms with Gasteiger partial charge < -0.3 is 9.84 Å². The number of ketones is 1. The number of carbonyl (C=O) groups excluding carboxylic acids is 1. The number of nitrogens with zero attached hydrogens (tertiary/aromatic N) is 1. The van der Waals surface area contributed by atoms with E-state index in [9.17, 15) is 13.6 Å². The van der Waals surface area contributed by atoms with Gasteiger partial charge in [-0.1, -0.05) is 5.16 Å². The van der Waals surface area contributed by atoms with E-state index in [1.165, 1.54) is 12.3 Å². The van der Waals surface area contributed by atoms with Crippen LogP contribution in [0.1, 0.15) is 47.4 Å². The van der Waals surface area contributed by atoms with Gasteiger partial charge in [0.15, 0.2) is 23.2 Å². The van der Waals surface area contributed by atoms with Gasteiger partial charge in [0, 0.05) is 18.0 Å². The van der Waals surface area contributed by atoms with Gasteiger partial charge >= 0.3 is 0 Å². The molecule has 1 aliphatic rings. The summed E-state index contributed by atoms with van der Waals surface area (Å²) in [5, 5.41) is 6.37. The Kier molecular flexibility index (Phi) is 3.45. The molecule has 0 aliphatic heterocycles. The summed E-state index contributed by atoms with van der Waals surface area (Å²) in [4.78, 5) is 12.6. The summed E-state index contributed by atoms with van der Waals surface area (Å²) >= 11 is 0. The van der Waals surface area contributed by atoms with Crippen LogP contribution in [0.15, 0.2) is 22.9 Å². The van der Waals surface area contributed by atoms with Gasteiger partial charge in [-0.15, -0.1) is 0 Å². The molecule has 0 amide bonds. The molecule has 1 fully saturated rings. The second-order valence-electron chi connectivity index (χ2n) is 5.02. The Labute approximate surface area is 120 Å². The van der Waals surface area contributed by atoms with Crippen molar-refractivity contribution in [3.8, 4) is 0 Å². The number of nitrogens with one attached hydrogen (secondary N) is 1. The fraction of sp³-hybridized carbons (Fsp3) is 0.333. The second kappa shape index (κ2) is 5.27. The number of benzene rings is 1. The molecule has 4 nitrogen and oxygen atoms in total. The molecule has 2 aromatic rings. The summed E-state index contributed by atoms with van der Waals surface area (Å²) in [5.74, 6) is -1.71. The Bertz CT molecular complexity index is 693. The maximum absolute atomic E-state index is 13.9. The summed E-state index contributed by atoms with van der Waals surface area (Å²) in [7, 11) is 0. The zero-order valence-electron chi connectivity index (χ0n) is 11.5. The fourth-order valence-electron chi connectivity index (χ4n) is 2.29. The van der Waals surface area contributed by atoms with E-state index in [1.54, 1.807) is 6.92 Å². The average Bonchev–Trinajstić information content (AvgIpc) is 3.21. The molecule has 0 bridgehead atoms. The summed E-state index contributed by atoms with van der Waals surface area (Å²) in [6.45, 7) is 2.12. The van der Waals surface area contributed by atoms with E-state index < -0.39 is 17.4 Å². The highest BCUT2D eigenvalue weighted by Gasteiger charge is 2.33. The van der Waals surface area contributed by atoms with Crippen molar-refractivity contribution in [3.63, 3.8) is 0 Å². The lowest BCUT2D eigenvalue weighted by Crippen LogP contribution is -2.11. The molecule has 0 spiro atoms. The third-order valence-electron chi connectivity index (χ3n) is 3.48. The minimum atomic E-state index is -1.05. The lowest BCUT2D eigenvalue weighted by atomic mass is 10.0. The molecule has 0 saturated heterocycles. The van der Waals surface area contributed by atoms with Crippen molar-refractivity contribution < 1.29 is 18.1 Å². The van der Waals surface area contributed by atoms with Crippen molar-refractivity contribution >= 4 is 11.5 Å². The van der Waals surface area contributed by atoms with E-state index in [4.69, 9.17) is 4.52 Å². The Hall–Kier alpha value is -2.24. The van der Waals surface area contributed by atoms with E-state index in [0.717, 1.165) is 18.9 Å². The van der Waals surface area contributed by atoms with Crippen LogP contribution in [0.25, 0.3) is 0 Å². The number of aromatic nitrogens is 1. The topological polar surface area (TPSA) is 55.1 Å². The molecule has 0 atom stereocenters. The highest BCUT2D eigenvalue weighted by molar-refractivity contribution is 6.12. The van der Waals surface area contributed by atoms with Gasteiger partial charge in [-0.3, -0.25) is 4.79 Å². The number of hydrogen-bond donors (Lipinski definition) is 1. The quantitative estimate of drug-likeness (QED) is 0.857. The molecular formula is C15H14F2N2O2. The molecule has 1 aliphatic carbocycles. The van der Waals surface area contributed by atoms with Crippen molar-refractivity contribution in [1.29, 1.82) is 0 Å². The van der Waals surface area contributed by atoms with Crippen LogP contribution < -0.4 is 5.32 Å². The molecule has 6 heteroatoms. The lowest BCUT2D eigenvalue weighted by molar-refractivity contribution is 0.103. The SMILES string of the molecule is CCNc1c(C(=O)c2cnoc2C2CC2)ccc(F)c1F. The number of rotatable bonds is 5. The zero-order valence-corrected chi connectivity index (χ0v) is 11.5. The van der Waals surface area contributed by atoms with Crippen molar-refractivity contribution in [1.82, 2.24) is 5.16 Å². The van der Waals surface area contributed by atoms with Crippen LogP contribution in [-0.4, -0.2) is 17.5 Å². The third kappa shape index (κ3) is 2.41. The normalized spacial score (nSPS) is 14.2. The number of hydrogen-bond acceptors (Lipinski definition) is 4. The molecule has 1 aromatic carbocycles. The standard InChI is InChI=1S/C15H14F2N2O2/c1-2-18-13-9(5-6-11(16)12(13)17)14(20)10-7-19-21-15(10)8-3-4-8/h5-8,18H,2-4H2,1H3. The number of halogens is 2. The minimum absolute atomic E-state index is 0.0841. The highest BCUT2D eigenvalue weighted by atomic mass is 19.2. The van der Waals surface area contributed by atoms with Crippen LogP contribution in [0.4, 0.5) is 14.5 Å². The molecular weight excluding hydrogens is 278 g/mol. The first kappa shape index (κ1) is 13.7. The van der Waals surface area contributed by atoms with E-state index in [-0.39, 0.29) is 17.2 Å². The molecule has 1 N–H and O–H groups in total. The fourth-order valence-corrected chi connectivity index (χ4v) is 2.29. The van der Waals surface area contributed by atoms with Gasteiger partial charge in [-0.2, -0.15) is 0 Å². The van der Waals surface area contributed by atoms with Crippen LogP contribution in [0, 0.1) is 11.6 Å². The summed E-state index contributed by atoms with van der Waals surface area (Å²) in [6, 6.07) is 2.23. The summed E-state index contributed by atoms with van der Waals surface area (Å²) in [6.07, 6.45) is 3.24. The molecule has 110 valence electrons. The largest absolute Gasteiger partial charge is 0.382 e. The van der Waals surface area contributed by atoms with Gasteiger partial charge in [0.25, 0.3) is 0 Å². The number of anilines is 1. The smallest absolute Gasteiger partial charge is 0.200 e. The highest BCUT2D eigenvalue weighted by Crippen LogP contribution is 2.42. The molecule has 21 heavy (non-hydrogen) atoms. The van der Waals surface area contributed by atoms with Crippen LogP contribution in [0.2, 0.25) is 0 Å². The Morgan fingerprint density at radius 3 is 2.81 bits per heavy atom. The molecule has 1 saturated carbocycles. The van der Waals surface area contributed by atoms with Gasteiger partial charge in [0.1, 0.15) is 0 Å². The summed E-state index contributed by atoms with van der Waals surface area (Å²) in [5.41, 5.74) is 0.286. The van der Waals surface area contributed by atoms with Crippen molar-refractivity contribution in [2.75, 3.05) is 11.9 Å². The predicted octanol–water partition coefficient (Wildman–Crippen LogP) is 3.49. The molecule has 1 aromatic heterocycles. The first-order valence-electron chi connectivity index (χ1n) is 6.84. The molecule has 1 heterocycles. The van der Waals surface area contributed by atoms with Crippen LogP contribution in [-0.2, 0) is 0 Å². The minimum Gasteiger partial charge on any atom is -0.382 e. The van der Waals surface area contributed by atoms with Crippen molar-refractivity contribution in [3.05, 3.63) is 46.9 Å². The van der Waals surface area contributed by atoms with Gasteiger partial charge in [-0.05, 0) is 31.9 Å². The van der Waals surface area contributed by atoms with E-state index in [1.807, 2.05) is 0 Å². The Balaban J connectivity index is 2.05. The molecule has 3 rings (SSSR count). The van der Waals surface area contributed by atoms with E-state index in [2.05, 4.69) is 10.5 Å². The Morgan fingerprint density at radius 1 is 1.38 bits per heavy atom. The summed E-state index contributed by atoms with van der Waals surface area (Å²) < 4.78 is 32.4. The first-order valence-corrected chi connectivity index (χ1v) is 6.84. The van der Waals surface area contributed by atoms with E-state index >= 15 is 0 Å². The monoisotopic (exact) mass is 292 g/mol. The lowest BCUT2D eigenvalue weighted by Gasteiger charge is -2.11. The van der Waals surface area contributed by atoms with Crippen LogP contribution in [0.3, 0.4) is 0 Å². The Morgan fingerprint density at radius 2 is 2.14 bits per heavy atom. The average molecular weight is 292 g/mol. The van der Waals surface area contributed by atoms with Crippen molar-refractivity contribution in [2.45, 2.75) is 25.7 Å². The van der Waals surface area contributed by atoms with Gasteiger partial charge in [0.05, 0.1) is 17.4 Å². The number of carbonyl (C=O) groups is 1. The first-order chi connectivity index (χ1) is 10.1. The second-order valence-corrected chi connectivity index (χ2v) is 5.02. The van der Waals surface area contributed by atoms with Crippen LogP contribution >= 0.6 is 0 Å². The van der Waals surface area contributed by atoms with Crippen LogP contribution in [0.5, 0.6) is 0 Å². The van der Waals surface area contributed by atoms with Gasteiger partial charge in [-0.25, -0.2) is 8.78 Å². The zero-order chi connectivity index (χ0) is 15.0.